The van der Waals surface area contributed by atoms with Crippen LogP contribution < -0.4 is 0 Å². The molecule has 0 bridgehead atoms. The monoisotopic (exact) mass is 546 g/mol. The second-order valence-corrected chi connectivity index (χ2v) is 8.59. The molecular weight excluding hydrogens is 529 g/mol. The fourth-order valence-electron chi connectivity index (χ4n) is 4.23. The second-order valence-electron chi connectivity index (χ2n) is 8.59. The summed E-state index contributed by atoms with van der Waals surface area (Å²) in [4.78, 5) is 14.9. The number of nitrogens with zero attached hydrogens (tertiary/aromatic N) is 4. The normalized spacial score (nSPS) is 15.7. The van der Waals surface area contributed by atoms with Gasteiger partial charge in [-0.05, 0) is 53.6 Å². The van der Waals surface area contributed by atoms with E-state index in [0.29, 0.717) is 28.8 Å². The Balaban J connectivity index is 1.63. The van der Waals surface area contributed by atoms with Gasteiger partial charge in [-0.3, -0.25) is 9.97 Å². The molecule has 12 heteroatoms. The van der Waals surface area contributed by atoms with Crippen LogP contribution >= 0.6 is 0 Å². The van der Waals surface area contributed by atoms with Crippen LogP contribution in [-0.2, 0) is 23.7 Å². The van der Waals surface area contributed by atoms with Crippen LogP contribution in [0.15, 0.2) is 90.6 Å². The van der Waals surface area contributed by atoms with Gasteiger partial charge in [-0.25, -0.2) is 4.39 Å². The Bertz CT molecular complexity index is 1490. The first kappa shape index (κ1) is 26.1. The Morgan fingerprint density at radius 1 is 0.769 bits per heavy atom. The molecule has 0 fully saturated rings. The maximum atomic E-state index is 14.7. The molecule has 0 spiro atoms. The SMILES string of the molecule is Fc1ccccc1-c1ccncc1CN1C(c2cccnc2)=NOC1c1cc(C(F)(F)F)cc(C(F)(F)F)c1. The highest BCUT2D eigenvalue weighted by Gasteiger charge is 2.40. The van der Waals surface area contributed by atoms with Gasteiger partial charge in [0, 0.05) is 41.5 Å². The highest BCUT2D eigenvalue weighted by Crippen LogP contribution is 2.41. The molecule has 1 aliphatic heterocycles. The first-order valence-corrected chi connectivity index (χ1v) is 11.4. The zero-order valence-corrected chi connectivity index (χ0v) is 19.7. The molecule has 2 aromatic heterocycles. The van der Waals surface area contributed by atoms with Crippen LogP contribution in [0.3, 0.4) is 0 Å². The molecule has 5 nitrogen and oxygen atoms in total. The van der Waals surface area contributed by atoms with Crippen molar-refractivity contribution in [3.8, 4) is 11.1 Å². The molecule has 3 heterocycles. The van der Waals surface area contributed by atoms with Gasteiger partial charge < -0.3 is 9.74 Å². The Hall–Kier alpha value is -4.48. The lowest BCUT2D eigenvalue weighted by molar-refractivity contribution is -0.143. The number of halogens is 7. The van der Waals surface area contributed by atoms with E-state index in [-0.39, 0.29) is 24.0 Å². The van der Waals surface area contributed by atoms with Crippen molar-refractivity contribution in [3.63, 3.8) is 0 Å². The average molecular weight is 546 g/mol. The minimum Gasteiger partial charge on any atom is -0.363 e. The first-order valence-electron chi connectivity index (χ1n) is 11.4. The van der Waals surface area contributed by atoms with Gasteiger partial charge in [0.15, 0.2) is 5.84 Å². The van der Waals surface area contributed by atoms with Crippen LogP contribution in [-0.4, -0.2) is 20.7 Å². The van der Waals surface area contributed by atoms with E-state index in [1.165, 1.54) is 41.8 Å². The smallest absolute Gasteiger partial charge is 0.363 e. The lowest BCUT2D eigenvalue weighted by Crippen LogP contribution is -2.31. The molecule has 4 aromatic rings. The minimum absolute atomic E-state index is 0.0447. The van der Waals surface area contributed by atoms with Crippen molar-refractivity contribution in [2.75, 3.05) is 0 Å². The van der Waals surface area contributed by atoms with E-state index >= 15 is 0 Å². The van der Waals surface area contributed by atoms with Crippen LogP contribution in [0.2, 0.25) is 0 Å². The quantitative estimate of drug-likeness (QED) is 0.248. The zero-order valence-electron chi connectivity index (χ0n) is 19.7. The Kier molecular flexibility index (Phi) is 6.71. The molecule has 1 aliphatic rings. The first-order chi connectivity index (χ1) is 18.5. The molecule has 39 heavy (non-hydrogen) atoms. The summed E-state index contributed by atoms with van der Waals surface area (Å²) in [5.41, 5.74) is -1.89. The maximum absolute atomic E-state index is 14.7. The average Bonchev–Trinajstić information content (AvgIpc) is 3.32. The van der Waals surface area contributed by atoms with Crippen molar-refractivity contribution in [2.24, 2.45) is 5.16 Å². The Labute approximate surface area is 217 Å². The molecule has 0 amide bonds. The van der Waals surface area contributed by atoms with Gasteiger partial charge >= 0.3 is 12.4 Å². The van der Waals surface area contributed by atoms with E-state index in [1.54, 1.807) is 30.3 Å². The number of hydrogen-bond acceptors (Lipinski definition) is 5. The van der Waals surface area contributed by atoms with Crippen LogP contribution in [0.5, 0.6) is 0 Å². The molecule has 200 valence electrons. The topological polar surface area (TPSA) is 50.6 Å². The predicted molar refractivity (Wildman–Crippen MR) is 126 cm³/mol. The molecule has 5 rings (SSSR count). The third-order valence-electron chi connectivity index (χ3n) is 6.02. The van der Waals surface area contributed by atoms with Crippen molar-refractivity contribution in [2.45, 2.75) is 25.1 Å². The van der Waals surface area contributed by atoms with Gasteiger partial charge in [0.1, 0.15) is 5.82 Å². The van der Waals surface area contributed by atoms with Gasteiger partial charge in [0.05, 0.1) is 17.7 Å². The summed E-state index contributed by atoms with van der Waals surface area (Å²) < 4.78 is 96.2. The number of benzene rings is 2. The summed E-state index contributed by atoms with van der Waals surface area (Å²) in [6.45, 7) is -0.145. The van der Waals surface area contributed by atoms with E-state index in [9.17, 15) is 30.7 Å². The van der Waals surface area contributed by atoms with E-state index in [0.717, 1.165) is 0 Å². The molecule has 0 N–H and O–H groups in total. The lowest BCUT2D eigenvalue weighted by atomic mass is 9.99. The zero-order chi connectivity index (χ0) is 27.8. The van der Waals surface area contributed by atoms with Gasteiger partial charge in [0.2, 0.25) is 6.23 Å². The van der Waals surface area contributed by atoms with Crippen molar-refractivity contribution >= 4 is 5.84 Å². The highest BCUT2D eigenvalue weighted by atomic mass is 19.4. The summed E-state index contributed by atoms with van der Waals surface area (Å²) in [6.07, 6.45) is -5.78. The summed E-state index contributed by atoms with van der Waals surface area (Å²) in [5.74, 6) is -0.407. The van der Waals surface area contributed by atoms with Gasteiger partial charge in [-0.2, -0.15) is 26.3 Å². The van der Waals surface area contributed by atoms with Gasteiger partial charge in [-0.15, -0.1) is 0 Å². The predicted octanol–water partition coefficient (Wildman–Crippen LogP) is 7.21. The minimum atomic E-state index is -5.05. The van der Waals surface area contributed by atoms with Gasteiger partial charge in [0.25, 0.3) is 0 Å². The number of hydrogen-bond donors (Lipinski definition) is 0. The number of amidine groups is 1. The highest BCUT2D eigenvalue weighted by molar-refractivity contribution is 5.99. The molecule has 2 aromatic carbocycles. The van der Waals surface area contributed by atoms with Crippen LogP contribution in [0.1, 0.15) is 34.0 Å². The Morgan fingerprint density at radius 2 is 1.46 bits per heavy atom. The summed E-state index contributed by atoms with van der Waals surface area (Å²) >= 11 is 0. The molecule has 1 atom stereocenters. The van der Waals surface area contributed by atoms with Crippen LogP contribution in [0.25, 0.3) is 11.1 Å². The number of alkyl halides is 6. The summed E-state index contributed by atoms with van der Waals surface area (Å²) in [7, 11) is 0. The van der Waals surface area contributed by atoms with Crippen molar-refractivity contribution in [1.82, 2.24) is 14.9 Å². The maximum Gasteiger partial charge on any atom is 0.416 e. The number of rotatable bonds is 5. The van der Waals surface area contributed by atoms with Crippen LogP contribution in [0, 0.1) is 5.82 Å². The molecule has 0 radical (unpaired) electrons. The fourth-order valence-corrected chi connectivity index (χ4v) is 4.23. The number of aromatic nitrogens is 2. The standard InChI is InChI=1S/C27H17F7N4O/c28-23-6-2-1-5-22(23)21-7-9-36-14-18(21)15-38-24(16-4-3-8-35-13-16)37-39-25(38)17-10-19(26(29,30)31)12-20(11-17)27(32,33)34/h1-14,25H,15H2. The number of oxime groups is 1. The van der Waals surface area contributed by atoms with Crippen molar-refractivity contribution in [1.29, 1.82) is 0 Å². The summed E-state index contributed by atoms with van der Waals surface area (Å²) in [6, 6.07) is 12.0. The van der Waals surface area contributed by atoms with E-state index in [1.807, 2.05) is 0 Å². The van der Waals surface area contributed by atoms with Gasteiger partial charge in [-0.1, -0.05) is 23.4 Å². The molecule has 0 saturated carbocycles. The lowest BCUT2D eigenvalue weighted by Gasteiger charge is -2.27. The van der Waals surface area contributed by atoms with Crippen molar-refractivity contribution < 1.29 is 35.6 Å². The van der Waals surface area contributed by atoms with E-state index in [4.69, 9.17) is 4.84 Å². The Morgan fingerprint density at radius 3 is 2.10 bits per heavy atom. The molecular formula is C27H17F7N4O. The van der Waals surface area contributed by atoms with E-state index in [2.05, 4.69) is 15.1 Å². The number of pyridine rings is 2. The largest absolute Gasteiger partial charge is 0.416 e. The fraction of sp³-hybridized carbons (Fsp3) is 0.148. The van der Waals surface area contributed by atoms with Crippen LogP contribution in [0.4, 0.5) is 30.7 Å². The molecule has 0 saturated heterocycles. The second kappa shape index (κ2) is 10.0. The molecule has 1 unspecified atom stereocenters. The third kappa shape index (κ3) is 5.40. The third-order valence-corrected chi connectivity index (χ3v) is 6.02. The molecule has 0 aliphatic carbocycles. The summed E-state index contributed by atoms with van der Waals surface area (Å²) in [5, 5.41) is 3.99. The van der Waals surface area contributed by atoms with Crippen molar-refractivity contribution in [3.05, 3.63) is 119 Å². The van der Waals surface area contributed by atoms with E-state index < -0.39 is 41.1 Å².